The van der Waals surface area contributed by atoms with E-state index in [1.54, 1.807) is 35.1 Å². The summed E-state index contributed by atoms with van der Waals surface area (Å²) in [6.45, 7) is 2.86. The van der Waals surface area contributed by atoms with Crippen molar-refractivity contribution in [2.45, 2.75) is 18.8 Å². The fourth-order valence-electron chi connectivity index (χ4n) is 3.41. The zero-order chi connectivity index (χ0) is 17.5. The predicted molar refractivity (Wildman–Crippen MR) is 86.3 cm³/mol. The maximum atomic E-state index is 15.2. The summed E-state index contributed by atoms with van der Waals surface area (Å²) in [6.07, 6.45) is 6.18. The number of nitrogens with two attached hydrogens (primary N) is 1. The van der Waals surface area contributed by atoms with Crippen LogP contribution in [0.4, 0.5) is 4.39 Å². The summed E-state index contributed by atoms with van der Waals surface area (Å²) < 4.78 is 16.8. The maximum Gasteiger partial charge on any atom is 0.251 e. The number of benzene rings is 1. The van der Waals surface area contributed by atoms with Crippen LogP contribution in [-0.4, -0.2) is 33.7 Å². The number of nitriles is 1. The second-order valence-electron chi connectivity index (χ2n) is 6.45. The molecule has 1 atom stereocenters. The van der Waals surface area contributed by atoms with Gasteiger partial charge in [0.2, 0.25) is 0 Å². The van der Waals surface area contributed by atoms with Gasteiger partial charge in [-0.1, -0.05) is 13.0 Å². The standard InChI is InChI=1S/C17H18FN5O/c1-17(5-6-23(9-17)10-19)14-12(11-7-21-22(2)8-11)3-4-13(15(14)18)16(20)24/h3-4,7-8H,5-6,9H2,1-2H3,(H2,20,24). The van der Waals surface area contributed by atoms with Crippen molar-refractivity contribution in [3.8, 4) is 17.3 Å². The van der Waals surface area contributed by atoms with E-state index in [9.17, 15) is 4.79 Å². The first kappa shape index (κ1) is 16.0. The smallest absolute Gasteiger partial charge is 0.251 e. The van der Waals surface area contributed by atoms with Crippen molar-refractivity contribution in [3.05, 3.63) is 41.5 Å². The van der Waals surface area contributed by atoms with E-state index < -0.39 is 17.1 Å². The minimum atomic E-state index is -0.801. The Bertz CT molecular complexity index is 853. The van der Waals surface area contributed by atoms with Gasteiger partial charge in [-0.2, -0.15) is 10.4 Å². The third-order valence-corrected chi connectivity index (χ3v) is 4.64. The number of carbonyl (C=O) groups is 1. The van der Waals surface area contributed by atoms with Crippen molar-refractivity contribution in [2.75, 3.05) is 13.1 Å². The maximum absolute atomic E-state index is 15.2. The molecule has 6 nitrogen and oxygen atoms in total. The summed E-state index contributed by atoms with van der Waals surface area (Å²) in [7, 11) is 1.78. The van der Waals surface area contributed by atoms with Crippen LogP contribution in [0, 0.1) is 17.3 Å². The lowest BCUT2D eigenvalue weighted by atomic mass is 9.77. The van der Waals surface area contributed by atoms with Crippen molar-refractivity contribution in [3.63, 3.8) is 0 Å². The highest BCUT2D eigenvalue weighted by molar-refractivity contribution is 5.94. The largest absolute Gasteiger partial charge is 0.366 e. The van der Waals surface area contributed by atoms with Crippen LogP contribution in [0.1, 0.15) is 29.3 Å². The summed E-state index contributed by atoms with van der Waals surface area (Å²) in [4.78, 5) is 13.2. The zero-order valence-corrected chi connectivity index (χ0v) is 13.6. The zero-order valence-electron chi connectivity index (χ0n) is 13.6. The number of hydrogen-bond acceptors (Lipinski definition) is 4. The average Bonchev–Trinajstić information content (AvgIpc) is 3.13. The van der Waals surface area contributed by atoms with E-state index >= 15 is 4.39 Å². The fraction of sp³-hybridized carbons (Fsp3) is 0.353. The quantitative estimate of drug-likeness (QED) is 0.870. The van der Waals surface area contributed by atoms with Gasteiger partial charge in [-0.3, -0.25) is 9.48 Å². The number of nitrogens with zero attached hydrogens (tertiary/aromatic N) is 4. The van der Waals surface area contributed by atoms with Gasteiger partial charge < -0.3 is 10.6 Å². The molecule has 24 heavy (non-hydrogen) atoms. The molecule has 0 saturated carbocycles. The number of primary amides is 1. The third kappa shape index (κ3) is 2.50. The lowest BCUT2D eigenvalue weighted by molar-refractivity contribution is 0.0996. The van der Waals surface area contributed by atoms with Gasteiger partial charge in [-0.25, -0.2) is 4.39 Å². The van der Waals surface area contributed by atoms with Crippen molar-refractivity contribution >= 4 is 5.91 Å². The first-order valence-corrected chi connectivity index (χ1v) is 7.62. The Hall–Kier alpha value is -2.88. The molecule has 1 fully saturated rings. The van der Waals surface area contributed by atoms with E-state index in [-0.39, 0.29) is 5.56 Å². The van der Waals surface area contributed by atoms with E-state index in [2.05, 4.69) is 11.3 Å². The summed E-state index contributed by atoms with van der Waals surface area (Å²) in [5.74, 6) is -1.41. The predicted octanol–water partition coefficient (Wildman–Crippen LogP) is 1.77. The molecule has 3 rings (SSSR count). The van der Waals surface area contributed by atoms with Gasteiger partial charge in [-0.05, 0) is 18.1 Å². The fourth-order valence-corrected chi connectivity index (χ4v) is 3.41. The Kier molecular flexibility index (Phi) is 3.76. The number of rotatable bonds is 3. The molecule has 1 aliphatic heterocycles. The summed E-state index contributed by atoms with van der Waals surface area (Å²) in [5, 5.41) is 13.3. The minimum Gasteiger partial charge on any atom is -0.366 e. The molecule has 1 amide bonds. The Morgan fingerprint density at radius 3 is 2.79 bits per heavy atom. The van der Waals surface area contributed by atoms with Crippen LogP contribution in [0.3, 0.4) is 0 Å². The molecule has 1 aliphatic rings. The molecule has 1 aromatic heterocycles. The minimum absolute atomic E-state index is 0.130. The number of carbonyl (C=O) groups excluding carboxylic acids is 1. The lowest BCUT2D eigenvalue weighted by Gasteiger charge is -2.27. The second kappa shape index (κ2) is 5.64. The molecule has 0 radical (unpaired) electrons. The number of amides is 1. The van der Waals surface area contributed by atoms with Crippen LogP contribution in [0.2, 0.25) is 0 Å². The van der Waals surface area contributed by atoms with Gasteiger partial charge >= 0.3 is 0 Å². The SMILES string of the molecule is Cn1cc(-c2ccc(C(N)=O)c(F)c2C2(C)CCN(C#N)C2)cn1. The molecule has 2 N–H and O–H groups in total. The second-order valence-corrected chi connectivity index (χ2v) is 6.45. The monoisotopic (exact) mass is 327 g/mol. The topological polar surface area (TPSA) is 87.9 Å². The van der Waals surface area contributed by atoms with Gasteiger partial charge in [0.05, 0.1) is 11.8 Å². The number of halogens is 1. The Balaban J connectivity index is 2.23. The van der Waals surface area contributed by atoms with Gasteiger partial charge in [0, 0.05) is 42.9 Å². The highest BCUT2D eigenvalue weighted by atomic mass is 19.1. The van der Waals surface area contributed by atoms with Gasteiger partial charge in [0.1, 0.15) is 5.82 Å². The van der Waals surface area contributed by atoms with Gasteiger partial charge in [0.25, 0.3) is 5.91 Å². The molecule has 2 aromatic rings. The molecule has 0 bridgehead atoms. The van der Waals surface area contributed by atoms with Crippen LogP contribution in [0.25, 0.3) is 11.1 Å². The summed E-state index contributed by atoms with van der Waals surface area (Å²) >= 11 is 0. The molecular formula is C17H18FN5O. The Morgan fingerprint density at radius 2 is 2.25 bits per heavy atom. The molecule has 7 heteroatoms. The molecule has 2 heterocycles. The van der Waals surface area contributed by atoms with Crippen molar-refractivity contribution < 1.29 is 9.18 Å². The molecular weight excluding hydrogens is 309 g/mol. The van der Waals surface area contributed by atoms with Crippen molar-refractivity contribution in [1.82, 2.24) is 14.7 Å². The van der Waals surface area contributed by atoms with Crippen molar-refractivity contribution in [2.24, 2.45) is 12.8 Å². The van der Waals surface area contributed by atoms with Gasteiger partial charge in [-0.15, -0.1) is 0 Å². The molecule has 0 aliphatic carbocycles. The van der Waals surface area contributed by atoms with E-state index in [4.69, 9.17) is 11.0 Å². The first-order valence-electron chi connectivity index (χ1n) is 7.62. The number of aromatic nitrogens is 2. The number of aryl methyl sites for hydroxylation is 1. The summed E-state index contributed by atoms with van der Waals surface area (Å²) in [6, 6.07) is 3.11. The number of hydrogen-bond donors (Lipinski definition) is 1. The van der Waals surface area contributed by atoms with E-state index in [1.807, 2.05) is 6.92 Å². The van der Waals surface area contributed by atoms with Crippen LogP contribution in [0.5, 0.6) is 0 Å². The summed E-state index contributed by atoms with van der Waals surface area (Å²) in [5.41, 5.74) is 6.45. The highest BCUT2D eigenvalue weighted by Crippen LogP contribution is 2.41. The Morgan fingerprint density at radius 1 is 1.50 bits per heavy atom. The van der Waals surface area contributed by atoms with E-state index in [0.717, 1.165) is 5.56 Å². The normalized spacial score (nSPS) is 20.2. The van der Waals surface area contributed by atoms with E-state index in [1.165, 1.54) is 6.07 Å². The highest BCUT2D eigenvalue weighted by Gasteiger charge is 2.40. The molecule has 0 spiro atoms. The average molecular weight is 327 g/mol. The van der Waals surface area contributed by atoms with E-state index in [0.29, 0.717) is 30.6 Å². The third-order valence-electron chi connectivity index (χ3n) is 4.64. The van der Waals surface area contributed by atoms with Crippen LogP contribution in [-0.2, 0) is 12.5 Å². The number of likely N-dealkylation sites (tertiary alicyclic amines) is 1. The molecule has 1 saturated heterocycles. The molecule has 1 aromatic carbocycles. The van der Waals surface area contributed by atoms with Crippen LogP contribution >= 0.6 is 0 Å². The van der Waals surface area contributed by atoms with Gasteiger partial charge in [0.15, 0.2) is 6.19 Å². The first-order chi connectivity index (χ1) is 11.4. The lowest BCUT2D eigenvalue weighted by Crippen LogP contribution is -2.29. The molecule has 1 unspecified atom stereocenters. The Labute approximate surface area is 139 Å². The molecule has 124 valence electrons. The van der Waals surface area contributed by atoms with Crippen LogP contribution in [0.15, 0.2) is 24.5 Å². The van der Waals surface area contributed by atoms with Crippen LogP contribution < -0.4 is 5.73 Å². The van der Waals surface area contributed by atoms with Crippen molar-refractivity contribution in [1.29, 1.82) is 5.26 Å².